The molecule has 0 spiro atoms. The first-order chi connectivity index (χ1) is 16.1. The van der Waals surface area contributed by atoms with Crippen LogP contribution in [-0.2, 0) is 12.4 Å². The van der Waals surface area contributed by atoms with Gasteiger partial charge in [0.15, 0.2) is 11.0 Å². The van der Waals surface area contributed by atoms with Crippen LogP contribution < -0.4 is 0 Å². The van der Waals surface area contributed by atoms with Crippen molar-refractivity contribution in [2.24, 2.45) is 0 Å². The fourth-order valence-corrected chi connectivity index (χ4v) is 4.50. The molecule has 164 valence electrons. The fourth-order valence-electron chi connectivity index (χ4n) is 3.64. The topological polar surface area (TPSA) is 105 Å². The molecule has 33 heavy (non-hydrogen) atoms. The van der Waals surface area contributed by atoms with E-state index in [1.54, 1.807) is 0 Å². The number of pyridine rings is 1. The highest BCUT2D eigenvalue weighted by Crippen LogP contribution is 2.33. The van der Waals surface area contributed by atoms with Crippen molar-refractivity contribution in [2.45, 2.75) is 24.5 Å². The van der Waals surface area contributed by atoms with Gasteiger partial charge in [-0.25, -0.2) is 4.98 Å². The predicted octanol–water partition coefficient (Wildman–Crippen LogP) is 5.03. The van der Waals surface area contributed by atoms with Crippen molar-refractivity contribution in [1.82, 2.24) is 29.5 Å². The number of fused-ring (bicyclic) bond motifs is 1. The second-order valence-corrected chi connectivity index (χ2v) is 8.17. The van der Waals surface area contributed by atoms with Gasteiger partial charge >= 0.3 is 5.69 Å². The highest BCUT2D eigenvalue weighted by atomic mass is 32.2. The van der Waals surface area contributed by atoms with E-state index >= 15 is 0 Å². The monoisotopic (exact) mass is 457 g/mol. The van der Waals surface area contributed by atoms with Crippen LogP contribution in [0.25, 0.3) is 33.5 Å². The molecule has 0 aliphatic rings. The molecular weight excluding hydrogens is 438 g/mol. The van der Waals surface area contributed by atoms with Crippen LogP contribution >= 0.6 is 11.8 Å². The van der Waals surface area contributed by atoms with Crippen molar-refractivity contribution in [2.75, 3.05) is 0 Å². The van der Waals surface area contributed by atoms with Crippen LogP contribution in [0.3, 0.4) is 0 Å². The summed E-state index contributed by atoms with van der Waals surface area (Å²) in [7, 11) is 0. The lowest BCUT2D eigenvalue weighted by atomic mass is 10.0. The average molecular weight is 458 g/mol. The zero-order valence-corrected chi connectivity index (χ0v) is 18.5. The maximum Gasteiger partial charge on any atom is 0.307 e. The van der Waals surface area contributed by atoms with Gasteiger partial charge in [-0.2, -0.15) is 5.10 Å². The third-order valence-corrected chi connectivity index (χ3v) is 6.17. The molecule has 0 amide bonds. The summed E-state index contributed by atoms with van der Waals surface area (Å²) in [5.41, 5.74) is 3.70. The Kier molecular flexibility index (Phi) is 5.57. The number of nitrogens with zero attached hydrogens (tertiary/aromatic N) is 7. The SMILES string of the molecule is CCn1c(SCn2cc([N+](=O)[O-])cn2)nnc1-c1cc(-c2ccccc2)nc2ccccc12. The molecule has 0 fully saturated rings. The van der Waals surface area contributed by atoms with Crippen LogP contribution in [-0.4, -0.2) is 34.5 Å². The Bertz CT molecular complexity index is 1450. The van der Waals surface area contributed by atoms with E-state index in [4.69, 9.17) is 4.98 Å². The van der Waals surface area contributed by atoms with E-state index in [-0.39, 0.29) is 5.69 Å². The second kappa shape index (κ2) is 8.83. The summed E-state index contributed by atoms with van der Waals surface area (Å²) in [6.45, 7) is 2.71. The molecule has 0 atom stereocenters. The zero-order chi connectivity index (χ0) is 22.8. The first-order valence-electron chi connectivity index (χ1n) is 10.3. The molecule has 3 aromatic heterocycles. The van der Waals surface area contributed by atoms with Gasteiger partial charge in [-0.05, 0) is 19.1 Å². The summed E-state index contributed by atoms with van der Waals surface area (Å²) in [6, 6.07) is 20.1. The Balaban J connectivity index is 1.54. The predicted molar refractivity (Wildman–Crippen MR) is 127 cm³/mol. The Labute approximate surface area is 193 Å². The first kappa shape index (κ1) is 20.8. The van der Waals surface area contributed by atoms with Gasteiger partial charge in [0.1, 0.15) is 12.4 Å². The minimum atomic E-state index is -0.459. The van der Waals surface area contributed by atoms with Crippen molar-refractivity contribution in [3.05, 3.63) is 83.2 Å². The van der Waals surface area contributed by atoms with E-state index < -0.39 is 4.92 Å². The molecule has 9 nitrogen and oxygen atoms in total. The molecule has 0 bridgehead atoms. The lowest BCUT2D eigenvalue weighted by Gasteiger charge is -2.11. The third kappa shape index (κ3) is 4.08. The van der Waals surface area contributed by atoms with Crippen LogP contribution in [0, 0.1) is 10.1 Å². The zero-order valence-electron chi connectivity index (χ0n) is 17.7. The Morgan fingerprint density at radius 1 is 1.06 bits per heavy atom. The van der Waals surface area contributed by atoms with Gasteiger partial charge in [0.25, 0.3) is 0 Å². The molecule has 0 N–H and O–H groups in total. The summed E-state index contributed by atoms with van der Waals surface area (Å²) >= 11 is 1.42. The molecule has 0 aliphatic carbocycles. The molecule has 0 saturated carbocycles. The van der Waals surface area contributed by atoms with Crippen molar-refractivity contribution in [3.63, 3.8) is 0 Å². The van der Waals surface area contributed by atoms with Gasteiger partial charge in [-0.1, -0.05) is 60.3 Å². The number of aromatic nitrogens is 6. The summed E-state index contributed by atoms with van der Waals surface area (Å²) in [5.74, 6) is 1.14. The second-order valence-electron chi connectivity index (χ2n) is 7.26. The van der Waals surface area contributed by atoms with Crippen molar-refractivity contribution >= 4 is 28.4 Å². The largest absolute Gasteiger partial charge is 0.307 e. The molecule has 3 heterocycles. The summed E-state index contributed by atoms with van der Waals surface area (Å²) < 4.78 is 3.56. The number of rotatable bonds is 7. The number of para-hydroxylation sites is 1. The van der Waals surface area contributed by atoms with E-state index in [9.17, 15) is 10.1 Å². The quantitative estimate of drug-likeness (QED) is 0.192. The number of hydrogen-bond acceptors (Lipinski definition) is 7. The molecule has 0 radical (unpaired) electrons. The average Bonchev–Trinajstić information content (AvgIpc) is 3.49. The molecule has 5 rings (SSSR count). The molecule has 2 aromatic carbocycles. The van der Waals surface area contributed by atoms with Crippen LogP contribution in [0.1, 0.15) is 6.92 Å². The molecule has 0 aliphatic heterocycles. The van der Waals surface area contributed by atoms with E-state index in [0.717, 1.165) is 33.5 Å². The maximum absolute atomic E-state index is 10.9. The van der Waals surface area contributed by atoms with Gasteiger partial charge in [0, 0.05) is 23.1 Å². The molecule has 0 saturated heterocycles. The number of nitro groups is 1. The van der Waals surface area contributed by atoms with Gasteiger partial charge in [-0.3, -0.25) is 14.8 Å². The van der Waals surface area contributed by atoms with Crippen LogP contribution in [0.4, 0.5) is 5.69 Å². The smallest absolute Gasteiger partial charge is 0.302 e. The van der Waals surface area contributed by atoms with E-state index in [1.807, 2.05) is 66.1 Å². The highest BCUT2D eigenvalue weighted by Gasteiger charge is 2.18. The van der Waals surface area contributed by atoms with Gasteiger partial charge in [0.05, 0.1) is 22.0 Å². The minimum absolute atomic E-state index is 0.0371. The Morgan fingerprint density at radius 2 is 1.85 bits per heavy atom. The standard InChI is InChI=1S/C23H19N7O2S/c1-2-29-22(26-27-23(29)33-15-28-14-17(13-24-28)30(31)32)19-12-21(16-8-4-3-5-9-16)25-20-11-7-6-10-18(19)20/h3-14H,2,15H2,1H3. The molecular formula is C23H19N7O2S. The Morgan fingerprint density at radius 3 is 2.61 bits per heavy atom. The van der Waals surface area contributed by atoms with Crippen molar-refractivity contribution in [3.8, 4) is 22.6 Å². The van der Waals surface area contributed by atoms with Gasteiger partial charge < -0.3 is 4.57 Å². The van der Waals surface area contributed by atoms with Crippen molar-refractivity contribution < 1.29 is 4.92 Å². The lowest BCUT2D eigenvalue weighted by Crippen LogP contribution is -2.02. The number of hydrogen-bond donors (Lipinski definition) is 0. The summed E-state index contributed by atoms with van der Waals surface area (Å²) in [4.78, 5) is 15.3. The number of thioether (sulfide) groups is 1. The van der Waals surface area contributed by atoms with Crippen molar-refractivity contribution in [1.29, 1.82) is 0 Å². The Hall–Kier alpha value is -4.05. The van der Waals surface area contributed by atoms with E-state index in [2.05, 4.69) is 21.4 Å². The fraction of sp³-hybridized carbons (Fsp3) is 0.130. The van der Waals surface area contributed by atoms with Crippen LogP contribution in [0.2, 0.25) is 0 Å². The van der Waals surface area contributed by atoms with E-state index in [0.29, 0.717) is 17.6 Å². The maximum atomic E-state index is 10.9. The normalized spacial score (nSPS) is 11.2. The number of benzene rings is 2. The summed E-state index contributed by atoms with van der Waals surface area (Å²) in [6.07, 6.45) is 2.65. The summed E-state index contributed by atoms with van der Waals surface area (Å²) in [5, 5.41) is 25.6. The molecule has 10 heteroatoms. The highest BCUT2D eigenvalue weighted by molar-refractivity contribution is 7.98. The van der Waals surface area contributed by atoms with Gasteiger partial charge in [-0.15, -0.1) is 10.2 Å². The molecule has 0 unspecified atom stereocenters. The first-order valence-corrected chi connectivity index (χ1v) is 11.3. The van der Waals surface area contributed by atoms with Crippen LogP contribution in [0.15, 0.2) is 78.2 Å². The lowest BCUT2D eigenvalue weighted by molar-refractivity contribution is -0.385. The van der Waals surface area contributed by atoms with Crippen LogP contribution in [0.5, 0.6) is 0 Å². The third-order valence-electron chi connectivity index (χ3n) is 5.22. The van der Waals surface area contributed by atoms with E-state index in [1.165, 1.54) is 28.8 Å². The van der Waals surface area contributed by atoms with Gasteiger partial charge in [0.2, 0.25) is 0 Å². The minimum Gasteiger partial charge on any atom is -0.302 e. The molecule has 5 aromatic rings.